The van der Waals surface area contributed by atoms with E-state index in [1.165, 1.54) is 0 Å². The maximum absolute atomic E-state index is 12.0. The van der Waals surface area contributed by atoms with Gasteiger partial charge in [0.15, 0.2) is 0 Å². The molecule has 1 fully saturated rings. The molecule has 1 saturated heterocycles. The quantitative estimate of drug-likeness (QED) is 0.921. The summed E-state index contributed by atoms with van der Waals surface area (Å²) in [6.07, 6.45) is 1.40. The van der Waals surface area contributed by atoms with Crippen molar-refractivity contribution in [2.75, 3.05) is 13.1 Å². The van der Waals surface area contributed by atoms with E-state index in [1.807, 2.05) is 19.9 Å². The van der Waals surface area contributed by atoms with E-state index in [0.717, 1.165) is 29.8 Å². The number of carbonyl (C=O) groups is 1. The van der Waals surface area contributed by atoms with Gasteiger partial charge in [-0.25, -0.2) is 0 Å². The van der Waals surface area contributed by atoms with Gasteiger partial charge < -0.3 is 10.0 Å². The summed E-state index contributed by atoms with van der Waals surface area (Å²) < 4.78 is 0. The molecule has 110 valence electrons. The molecule has 1 aliphatic heterocycles. The Balaban J connectivity index is 2.37. The van der Waals surface area contributed by atoms with Crippen molar-refractivity contribution >= 4 is 5.97 Å². The zero-order valence-corrected chi connectivity index (χ0v) is 12.9. The van der Waals surface area contributed by atoms with Crippen LogP contribution in [0.25, 0.3) is 0 Å². The Bertz CT molecular complexity index is 500. The average molecular weight is 275 g/mol. The molecule has 0 aliphatic carbocycles. The van der Waals surface area contributed by atoms with E-state index in [0.29, 0.717) is 18.9 Å². The summed E-state index contributed by atoms with van der Waals surface area (Å²) in [6.45, 7) is 10.1. The lowest BCUT2D eigenvalue weighted by Crippen LogP contribution is -2.49. The fourth-order valence-corrected chi connectivity index (χ4v) is 3.27. The molecular weight excluding hydrogens is 250 g/mol. The van der Waals surface area contributed by atoms with Crippen molar-refractivity contribution in [3.05, 3.63) is 34.9 Å². The van der Waals surface area contributed by atoms with Gasteiger partial charge in [-0.3, -0.25) is 4.79 Å². The van der Waals surface area contributed by atoms with Crippen molar-refractivity contribution < 1.29 is 9.90 Å². The van der Waals surface area contributed by atoms with Crippen molar-refractivity contribution in [2.45, 2.75) is 52.0 Å². The van der Waals surface area contributed by atoms with Gasteiger partial charge in [0.2, 0.25) is 0 Å². The number of piperidine rings is 1. The van der Waals surface area contributed by atoms with Gasteiger partial charge in [-0.2, -0.15) is 0 Å². The number of hydrogen-bond acceptors (Lipinski definition) is 2. The van der Waals surface area contributed by atoms with E-state index < -0.39 is 11.4 Å². The van der Waals surface area contributed by atoms with Crippen molar-refractivity contribution in [1.29, 1.82) is 0 Å². The van der Waals surface area contributed by atoms with Crippen LogP contribution in [0, 0.1) is 13.8 Å². The number of aryl methyl sites for hydroxylation is 2. The van der Waals surface area contributed by atoms with Crippen molar-refractivity contribution in [3.63, 3.8) is 0 Å². The number of carboxylic acid groups (broad SMARTS) is 1. The molecule has 0 radical (unpaired) electrons. The first-order valence-corrected chi connectivity index (χ1v) is 7.42. The van der Waals surface area contributed by atoms with E-state index in [9.17, 15) is 9.90 Å². The molecule has 1 N–H and O–H groups in total. The predicted molar refractivity (Wildman–Crippen MR) is 81.2 cm³/mol. The highest BCUT2D eigenvalue weighted by Gasteiger charge is 2.44. The minimum absolute atomic E-state index is 0.486. The van der Waals surface area contributed by atoms with Crippen LogP contribution in [0.2, 0.25) is 0 Å². The molecule has 0 saturated carbocycles. The summed E-state index contributed by atoms with van der Waals surface area (Å²) in [7, 11) is 0. The molecule has 3 nitrogen and oxygen atoms in total. The van der Waals surface area contributed by atoms with E-state index in [-0.39, 0.29) is 0 Å². The molecule has 3 heteroatoms. The summed E-state index contributed by atoms with van der Waals surface area (Å²) in [4.78, 5) is 14.4. The second-order valence-corrected chi connectivity index (χ2v) is 6.34. The van der Waals surface area contributed by atoms with E-state index in [4.69, 9.17) is 0 Å². The molecule has 20 heavy (non-hydrogen) atoms. The van der Waals surface area contributed by atoms with Gasteiger partial charge in [0.25, 0.3) is 0 Å². The molecule has 0 spiro atoms. The van der Waals surface area contributed by atoms with E-state index >= 15 is 0 Å². The van der Waals surface area contributed by atoms with E-state index in [1.54, 1.807) is 0 Å². The summed E-state index contributed by atoms with van der Waals surface area (Å²) >= 11 is 0. The molecule has 1 aliphatic rings. The Hall–Kier alpha value is -1.35. The molecule has 0 atom stereocenters. The van der Waals surface area contributed by atoms with Gasteiger partial charge >= 0.3 is 5.97 Å². The fraction of sp³-hybridized carbons (Fsp3) is 0.588. The number of likely N-dealkylation sites (tertiary alicyclic amines) is 1. The topological polar surface area (TPSA) is 40.5 Å². The van der Waals surface area contributed by atoms with Crippen molar-refractivity contribution in [1.82, 2.24) is 4.90 Å². The zero-order chi connectivity index (χ0) is 14.9. The van der Waals surface area contributed by atoms with Crippen LogP contribution in [-0.2, 0) is 10.2 Å². The van der Waals surface area contributed by atoms with Crippen molar-refractivity contribution in [2.24, 2.45) is 0 Å². The largest absolute Gasteiger partial charge is 0.481 e. The molecular formula is C17H25NO2. The monoisotopic (exact) mass is 275 g/mol. The normalized spacial score (nSPS) is 19.2. The molecule has 0 aromatic heterocycles. The number of benzene rings is 1. The van der Waals surface area contributed by atoms with Gasteiger partial charge in [0, 0.05) is 6.04 Å². The van der Waals surface area contributed by atoms with Crippen LogP contribution in [0.3, 0.4) is 0 Å². The van der Waals surface area contributed by atoms with Crippen LogP contribution in [0.4, 0.5) is 0 Å². The van der Waals surface area contributed by atoms with Crippen LogP contribution in [0.1, 0.15) is 43.4 Å². The molecule has 0 unspecified atom stereocenters. The van der Waals surface area contributed by atoms with Crippen molar-refractivity contribution in [3.8, 4) is 0 Å². The van der Waals surface area contributed by atoms with Crippen LogP contribution in [0.15, 0.2) is 18.2 Å². The van der Waals surface area contributed by atoms with Gasteiger partial charge in [-0.05, 0) is 64.8 Å². The summed E-state index contributed by atoms with van der Waals surface area (Å²) in [5.74, 6) is -0.672. The highest BCUT2D eigenvalue weighted by atomic mass is 16.4. The number of rotatable bonds is 3. The zero-order valence-electron chi connectivity index (χ0n) is 12.9. The number of carboxylic acids is 1. The number of nitrogens with zero attached hydrogens (tertiary/aromatic N) is 1. The van der Waals surface area contributed by atoms with Gasteiger partial charge in [0.05, 0.1) is 5.41 Å². The molecule has 0 bridgehead atoms. The highest BCUT2D eigenvalue weighted by Crippen LogP contribution is 2.38. The Morgan fingerprint density at radius 2 is 1.85 bits per heavy atom. The first-order valence-electron chi connectivity index (χ1n) is 7.42. The Kier molecular flexibility index (Phi) is 4.19. The SMILES string of the molecule is Cc1ccc(C)c(C2(C(=O)O)CCN(C(C)C)CC2)c1. The lowest BCUT2D eigenvalue weighted by atomic mass is 9.71. The third-order valence-corrected chi connectivity index (χ3v) is 4.70. The summed E-state index contributed by atoms with van der Waals surface area (Å²) in [6, 6.07) is 6.65. The number of hydrogen-bond donors (Lipinski definition) is 1. The lowest BCUT2D eigenvalue weighted by Gasteiger charge is -2.41. The first kappa shape index (κ1) is 15.0. The number of aliphatic carboxylic acids is 1. The molecule has 1 aromatic rings. The predicted octanol–water partition coefficient (Wildman–Crippen LogP) is 3.13. The lowest BCUT2D eigenvalue weighted by molar-refractivity contribution is -0.146. The molecule has 1 aromatic carbocycles. The first-order chi connectivity index (χ1) is 9.36. The van der Waals surface area contributed by atoms with E-state index in [2.05, 4.69) is 30.9 Å². The second kappa shape index (κ2) is 5.57. The van der Waals surface area contributed by atoms with Crippen LogP contribution >= 0.6 is 0 Å². The standard InChI is InChI=1S/C17H25NO2/c1-12(2)18-9-7-17(8-10-18,16(19)20)15-11-13(3)5-6-14(15)4/h5-6,11-12H,7-10H2,1-4H3,(H,19,20). The second-order valence-electron chi connectivity index (χ2n) is 6.34. The van der Waals surface area contributed by atoms with Crippen LogP contribution < -0.4 is 0 Å². The minimum atomic E-state index is -0.707. The maximum Gasteiger partial charge on any atom is 0.314 e. The summed E-state index contributed by atoms with van der Waals surface area (Å²) in [5.41, 5.74) is 2.53. The third-order valence-electron chi connectivity index (χ3n) is 4.70. The average Bonchev–Trinajstić information content (AvgIpc) is 2.41. The van der Waals surface area contributed by atoms with Gasteiger partial charge in [0.1, 0.15) is 0 Å². The smallest absolute Gasteiger partial charge is 0.314 e. The Labute approximate surface area is 121 Å². The minimum Gasteiger partial charge on any atom is -0.481 e. The van der Waals surface area contributed by atoms with Crippen LogP contribution in [0.5, 0.6) is 0 Å². The molecule has 0 amide bonds. The van der Waals surface area contributed by atoms with Gasteiger partial charge in [-0.1, -0.05) is 23.8 Å². The summed E-state index contributed by atoms with van der Waals surface area (Å²) in [5, 5.41) is 9.86. The van der Waals surface area contributed by atoms with Crippen LogP contribution in [-0.4, -0.2) is 35.1 Å². The van der Waals surface area contributed by atoms with Gasteiger partial charge in [-0.15, -0.1) is 0 Å². The Morgan fingerprint density at radius 1 is 1.25 bits per heavy atom. The maximum atomic E-state index is 12.0. The molecule has 2 rings (SSSR count). The Morgan fingerprint density at radius 3 is 2.35 bits per heavy atom. The fourth-order valence-electron chi connectivity index (χ4n) is 3.27. The highest BCUT2D eigenvalue weighted by molar-refractivity contribution is 5.82. The molecule has 1 heterocycles. The third kappa shape index (κ3) is 2.59.